The summed E-state index contributed by atoms with van der Waals surface area (Å²) in [6.07, 6.45) is 3.24. The lowest BCUT2D eigenvalue weighted by atomic mass is 10.0. The third kappa shape index (κ3) is 4.94. The van der Waals surface area contributed by atoms with E-state index in [1.165, 1.54) is 0 Å². The number of nitrogens with one attached hydrogen (secondary N) is 3. The average Bonchev–Trinajstić information content (AvgIpc) is 3.62. The first kappa shape index (κ1) is 23.1. The van der Waals surface area contributed by atoms with Crippen LogP contribution in [0.25, 0.3) is 22.3 Å². The maximum atomic E-state index is 12.3. The molecular weight excluding hydrogens is 470 g/mol. The van der Waals surface area contributed by atoms with Crippen LogP contribution in [0.3, 0.4) is 0 Å². The van der Waals surface area contributed by atoms with Gasteiger partial charge in [-0.05, 0) is 55.8 Å². The molecule has 11 heteroatoms. The number of anilines is 2. The fraction of sp³-hybridized carbons (Fsp3) is 0.333. The van der Waals surface area contributed by atoms with Gasteiger partial charge in [-0.1, -0.05) is 11.6 Å². The van der Waals surface area contributed by atoms with Crippen molar-refractivity contribution in [2.24, 2.45) is 13.0 Å². The summed E-state index contributed by atoms with van der Waals surface area (Å²) in [6.45, 7) is 1.88. The molecule has 10 nitrogen and oxygen atoms in total. The van der Waals surface area contributed by atoms with Crippen molar-refractivity contribution in [1.82, 2.24) is 30.3 Å². The van der Waals surface area contributed by atoms with Crippen LogP contribution in [0.2, 0.25) is 5.02 Å². The first-order valence-corrected chi connectivity index (χ1v) is 11.7. The maximum absolute atomic E-state index is 12.3. The summed E-state index contributed by atoms with van der Waals surface area (Å²) in [5.74, 6) is 2.52. The summed E-state index contributed by atoms with van der Waals surface area (Å²) in [5, 5.41) is 19.3. The van der Waals surface area contributed by atoms with Gasteiger partial charge in [-0.15, -0.1) is 5.10 Å². The molecule has 1 fully saturated rings. The first-order valence-electron chi connectivity index (χ1n) is 11.3. The van der Waals surface area contributed by atoms with E-state index in [2.05, 4.69) is 30.9 Å². The SMILES string of the molecule is COc1cc(-c2nc(Nc3ccc4[nH]ncc4c3Cl)n(C)n2)ccc1OCC(=O)CC1CCNC1. The van der Waals surface area contributed by atoms with Crippen molar-refractivity contribution in [3.63, 3.8) is 0 Å². The fourth-order valence-corrected chi connectivity index (χ4v) is 4.43. The Morgan fingerprint density at radius 2 is 2.17 bits per heavy atom. The van der Waals surface area contributed by atoms with Crippen LogP contribution in [0.15, 0.2) is 36.5 Å². The molecule has 0 amide bonds. The number of aromatic nitrogens is 5. The van der Waals surface area contributed by atoms with Gasteiger partial charge in [-0.3, -0.25) is 9.89 Å². The van der Waals surface area contributed by atoms with Gasteiger partial charge in [-0.2, -0.15) is 10.1 Å². The second-order valence-electron chi connectivity index (χ2n) is 8.52. The van der Waals surface area contributed by atoms with Gasteiger partial charge in [0.25, 0.3) is 0 Å². The van der Waals surface area contributed by atoms with Crippen LogP contribution in [0.1, 0.15) is 12.8 Å². The number of hydrogen-bond acceptors (Lipinski definition) is 8. The highest BCUT2D eigenvalue weighted by atomic mass is 35.5. The molecule has 3 N–H and O–H groups in total. The molecular formula is C24H26ClN7O3. The molecule has 0 spiro atoms. The molecule has 182 valence electrons. The number of ketones is 1. The van der Waals surface area contributed by atoms with Crippen molar-refractivity contribution in [3.05, 3.63) is 41.6 Å². The number of H-pyrrole nitrogens is 1. The Hall–Kier alpha value is -3.63. The predicted molar refractivity (Wildman–Crippen MR) is 133 cm³/mol. The van der Waals surface area contributed by atoms with Gasteiger partial charge in [-0.25, -0.2) is 4.68 Å². The molecule has 0 saturated carbocycles. The lowest BCUT2D eigenvalue weighted by Crippen LogP contribution is -2.17. The maximum Gasteiger partial charge on any atom is 0.225 e. The number of halogens is 1. The zero-order chi connectivity index (χ0) is 24.4. The molecule has 2 aromatic heterocycles. The molecule has 5 rings (SSSR count). The van der Waals surface area contributed by atoms with E-state index in [0.29, 0.717) is 46.3 Å². The molecule has 0 bridgehead atoms. The topological polar surface area (TPSA) is 119 Å². The molecule has 1 unspecified atom stereocenters. The highest BCUT2D eigenvalue weighted by Crippen LogP contribution is 2.34. The van der Waals surface area contributed by atoms with E-state index in [4.69, 9.17) is 21.1 Å². The van der Waals surface area contributed by atoms with Crippen molar-refractivity contribution >= 4 is 39.9 Å². The van der Waals surface area contributed by atoms with Crippen LogP contribution >= 0.6 is 11.6 Å². The zero-order valence-electron chi connectivity index (χ0n) is 19.5. The molecule has 1 aliphatic heterocycles. The number of carbonyl (C=O) groups excluding carboxylic acids is 1. The Morgan fingerprint density at radius 1 is 1.29 bits per heavy atom. The van der Waals surface area contributed by atoms with Gasteiger partial charge >= 0.3 is 0 Å². The van der Waals surface area contributed by atoms with Crippen LogP contribution in [0, 0.1) is 5.92 Å². The molecule has 0 radical (unpaired) electrons. The summed E-state index contributed by atoms with van der Waals surface area (Å²) in [5.41, 5.74) is 2.30. The Morgan fingerprint density at radius 3 is 2.97 bits per heavy atom. The molecule has 0 aliphatic carbocycles. The summed E-state index contributed by atoms with van der Waals surface area (Å²) in [6, 6.07) is 9.16. The number of nitrogens with zero attached hydrogens (tertiary/aromatic N) is 4. The van der Waals surface area contributed by atoms with E-state index in [0.717, 1.165) is 36.0 Å². The third-order valence-corrected chi connectivity index (χ3v) is 6.46. The quantitative estimate of drug-likeness (QED) is 0.321. The number of Topliss-reactive ketones (excluding diaryl/α,β-unsaturated/α-hetero) is 1. The highest BCUT2D eigenvalue weighted by Gasteiger charge is 2.19. The van der Waals surface area contributed by atoms with E-state index < -0.39 is 0 Å². The highest BCUT2D eigenvalue weighted by molar-refractivity contribution is 6.38. The van der Waals surface area contributed by atoms with E-state index in [9.17, 15) is 4.79 Å². The summed E-state index contributed by atoms with van der Waals surface area (Å²) < 4.78 is 12.9. The van der Waals surface area contributed by atoms with Crippen molar-refractivity contribution in [2.45, 2.75) is 12.8 Å². The van der Waals surface area contributed by atoms with Crippen LogP contribution in [0.5, 0.6) is 11.5 Å². The number of methoxy groups -OCH3 is 1. The summed E-state index contributed by atoms with van der Waals surface area (Å²) >= 11 is 6.53. The smallest absolute Gasteiger partial charge is 0.225 e. The normalized spacial score (nSPS) is 15.5. The minimum atomic E-state index is 0.0177. The summed E-state index contributed by atoms with van der Waals surface area (Å²) in [7, 11) is 3.36. The lowest BCUT2D eigenvalue weighted by molar-refractivity contribution is -0.121. The molecule has 4 aromatic rings. The minimum absolute atomic E-state index is 0.0177. The zero-order valence-corrected chi connectivity index (χ0v) is 20.2. The second kappa shape index (κ2) is 9.93. The van der Waals surface area contributed by atoms with Crippen molar-refractivity contribution in [1.29, 1.82) is 0 Å². The minimum Gasteiger partial charge on any atom is -0.493 e. The Kier molecular flexibility index (Phi) is 6.56. The standard InChI is InChI=1S/C24H26ClN7O3/c1-32-24(28-19-5-4-18-17(22(19)25)12-27-30-18)29-23(31-32)15-3-6-20(21(10-15)34-2)35-13-16(33)9-14-7-8-26-11-14/h3-6,10,12,14,26H,7-9,11,13H2,1-2H3,(H,27,30)(H,28,29,31). The number of ether oxygens (including phenoxy) is 2. The molecule has 3 heterocycles. The number of carbonyl (C=O) groups is 1. The van der Waals surface area contributed by atoms with Gasteiger partial charge in [0.15, 0.2) is 23.1 Å². The molecule has 1 saturated heterocycles. The molecule has 35 heavy (non-hydrogen) atoms. The van der Waals surface area contributed by atoms with Gasteiger partial charge in [0, 0.05) is 24.4 Å². The van der Waals surface area contributed by atoms with Gasteiger partial charge in [0.2, 0.25) is 5.95 Å². The molecule has 1 aliphatic rings. The van der Waals surface area contributed by atoms with Gasteiger partial charge in [0.1, 0.15) is 6.61 Å². The van der Waals surface area contributed by atoms with Crippen LogP contribution in [-0.2, 0) is 11.8 Å². The third-order valence-electron chi connectivity index (χ3n) is 6.06. The van der Waals surface area contributed by atoms with E-state index in [1.54, 1.807) is 37.2 Å². The van der Waals surface area contributed by atoms with Crippen molar-refractivity contribution in [3.8, 4) is 22.9 Å². The average molecular weight is 496 g/mol. The Balaban J connectivity index is 1.30. The first-order chi connectivity index (χ1) is 17.0. The fourth-order valence-electron chi connectivity index (χ4n) is 4.17. The van der Waals surface area contributed by atoms with E-state index >= 15 is 0 Å². The van der Waals surface area contributed by atoms with Crippen LogP contribution < -0.4 is 20.1 Å². The number of benzene rings is 2. The van der Waals surface area contributed by atoms with E-state index in [1.807, 2.05) is 18.2 Å². The number of aromatic amines is 1. The Labute approximate surface area is 207 Å². The number of fused-ring (bicyclic) bond motifs is 1. The van der Waals surface area contributed by atoms with Crippen LogP contribution in [-0.4, -0.2) is 57.6 Å². The van der Waals surface area contributed by atoms with Crippen molar-refractivity contribution in [2.75, 3.05) is 32.1 Å². The second-order valence-corrected chi connectivity index (χ2v) is 8.90. The Bertz CT molecular complexity index is 1360. The largest absolute Gasteiger partial charge is 0.493 e. The van der Waals surface area contributed by atoms with Crippen molar-refractivity contribution < 1.29 is 14.3 Å². The lowest BCUT2D eigenvalue weighted by Gasteiger charge is -2.12. The van der Waals surface area contributed by atoms with Gasteiger partial charge < -0.3 is 20.1 Å². The molecule has 2 aromatic carbocycles. The van der Waals surface area contributed by atoms with Crippen LogP contribution in [0.4, 0.5) is 11.6 Å². The number of hydrogen-bond donors (Lipinski definition) is 3. The van der Waals surface area contributed by atoms with E-state index in [-0.39, 0.29) is 12.4 Å². The molecule has 1 atom stereocenters. The monoisotopic (exact) mass is 495 g/mol. The van der Waals surface area contributed by atoms with Gasteiger partial charge in [0.05, 0.1) is 29.5 Å². The predicted octanol–water partition coefficient (Wildman–Crippen LogP) is 3.71. The summed E-state index contributed by atoms with van der Waals surface area (Å²) in [4.78, 5) is 16.9. The number of rotatable bonds is 9. The number of aryl methyl sites for hydroxylation is 1.